The summed E-state index contributed by atoms with van der Waals surface area (Å²) in [5.74, 6) is -0.337. The molecule has 0 saturated heterocycles. The zero-order chi connectivity index (χ0) is 14.0. The van der Waals surface area contributed by atoms with E-state index in [1.54, 1.807) is 12.1 Å². The fourth-order valence-corrected chi connectivity index (χ4v) is 1.93. The Hall–Kier alpha value is -2.36. The number of para-hydroxylation sites is 1. The highest BCUT2D eigenvalue weighted by Crippen LogP contribution is 2.20. The van der Waals surface area contributed by atoms with Crippen LogP contribution in [0.4, 0.5) is 5.69 Å². The first-order valence-electron chi connectivity index (χ1n) is 6.06. The first-order valence-corrected chi connectivity index (χ1v) is 6.06. The summed E-state index contributed by atoms with van der Waals surface area (Å²) in [6, 6.07) is 9.06. The number of ketones is 1. The lowest BCUT2D eigenvalue weighted by molar-refractivity contribution is 0.101. The van der Waals surface area contributed by atoms with Crippen molar-refractivity contribution in [3.8, 4) is 0 Å². The minimum Gasteiger partial charge on any atom is -0.348 e. The summed E-state index contributed by atoms with van der Waals surface area (Å²) in [4.78, 5) is 26.1. The van der Waals surface area contributed by atoms with Gasteiger partial charge in [-0.2, -0.15) is 0 Å². The molecule has 4 heteroatoms. The molecule has 1 heterocycles. The minimum atomic E-state index is -0.245. The number of carbonyl (C=O) groups is 2. The molecule has 1 aromatic heterocycles. The second-order valence-corrected chi connectivity index (χ2v) is 4.56. The van der Waals surface area contributed by atoms with Crippen LogP contribution in [0.3, 0.4) is 0 Å². The number of aromatic nitrogens is 1. The first kappa shape index (κ1) is 13.1. The quantitative estimate of drug-likeness (QED) is 0.829. The predicted molar refractivity (Wildman–Crippen MR) is 74.7 cm³/mol. The molecule has 2 N–H and O–H groups in total. The number of carbonyl (C=O) groups excluding carboxylic acids is 2. The molecule has 2 aromatic rings. The Kier molecular flexibility index (Phi) is 3.51. The molecule has 0 bridgehead atoms. The fraction of sp³-hybridized carbons (Fsp3) is 0.200. The van der Waals surface area contributed by atoms with Crippen LogP contribution in [0.5, 0.6) is 0 Å². The van der Waals surface area contributed by atoms with Gasteiger partial charge in [0.2, 0.25) is 0 Å². The smallest absolute Gasteiger partial charge is 0.272 e. The molecule has 1 amide bonds. The van der Waals surface area contributed by atoms with E-state index in [9.17, 15) is 9.59 Å². The molecule has 0 fully saturated rings. The van der Waals surface area contributed by atoms with Crippen molar-refractivity contribution in [1.82, 2.24) is 4.98 Å². The second kappa shape index (κ2) is 5.10. The van der Waals surface area contributed by atoms with Crippen LogP contribution in [0.2, 0.25) is 0 Å². The number of H-pyrrole nitrogens is 1. The number of amides is 1. The van der Waals surface area contributed by atoms with Crippen LogP contribution in [0.15, 0.2) is 30.3 Å². The fourth-order valence-electron chi connectivity index (χ4n) is 1.93. The van der Waals surface area contributed by atoms with Crippen molar-refractivity contribution in [3.05, 3.63) is 52.8 Å². The molecular weight excluding hydrogens is 240 g/mol. The van der Waals surface area contributed by atoms with E-state index in [4.69, 9.17) is 0 Å². The van der Waals surface area contributed by atoms with Gasteiger partial charge in [0.05, 0.1) is 5.69 Å². The molecule has 0 spiro atoms. The molecule has 19 heavy (non-hydrogen) atoms. The van der Waals surface area contributed by atoms with Crippen LogP contribution < -0.4 is 5.32 Å². The second-order valence-electron chi connectivity index (χ2n) is 4.56. The molecule has 0 aliphatic carbocycles. The third-order valence-electron chi connectivity index (χ3n) is 3.03. The molecule has 0 atom stereocenters. The summed E-state index contributed by atoms with van der Waals surface area (Å²) in [5, 5.41) is 2.87. The maximum atomic E-state index is 12.1. The highest BCUT2D eigenvalue weighted by Gasteiger charge is 2.12. The molecule has 2 rings (SSSR count). The van der Waals surface area contributed by atoms with Gasteiger partial charge in [0.25, 0.3) is 5.91 Å². The van der Waals surface area contributed by atoms with Crippen molar-refractivity contribution in [1.29, 1.82) is 0 Å². The topological polar surface area (TPSA) is 62.0 Å². The monoisotopic (exact) mass is 256 g/mol. The normalized spacial score (nSPS) is 10.3. The van der Waals surface area contributed by atoms with Crippen molar-refractivity contribution in [2.75, 3.05) is 5.32 Å². The van der Waals surface area contributed by atoms with Gasteiger partial charge in [0, 0.05) is 12.6 Å². The minimum absolute atomic E-state index is 0.0916. The number of aryl methyl sites for hydroxylation is 2. The van der Waals surface area contributed by atoms with Crippen LogP contribution in [0, 0.1) is 13.8 Å². The number of anilines is 1. The number of aromatic amines is 1. The van der Waals surface area contributed by atoms with Crippen molar-refractivity contribution >= 4 is 17.4 Å². The molecule has 0 radical (unpaired) electrons. The van der Waals surface area contributed by atoms with E-state index in [-0.39, 0.29) is 11.7 Å². The Morgan fingerprint density at radius 1 is 1.00 bits per heavy atom. The summed E-state index contributed by atoms with van der Waals surface area (Å²) >= 11 is 0. The zero-order valence-corrected chi connectivity index (χ0v) is 11.2. The average molecular weight is 256 g/mol. The maximum absolute atomic E-state index is 12.1. The van der Waals surface area contributed by atoms with E-state index in [2.05, 4.69) is 10.3 Å². The predicted octanol–water partition coefficient (Wildman–Crippen LogP) is 3.09. The van der Waals surface area contributed by atoms with E-state index >= 15 is 0 Å². The van der Waals surface area contributed by atoms with Crippen LogP contribution in [-0.4, -0.2) is 16.7 Å². The van der Waals surface area contributed by atoms with Gasteiger partial charge < -0.3 is 10.3 Å². The third kappa shape index (κ3) is 2.73. The summed E-state index contributed by atoms with van der Waals surface area (Å²) < 4.78 is 0. The molecule has 0 saturated carbocycles. The number of hydrogen-bond donors (Lipinski definition) is 2. The Balaban J connectivity index is 2.23. The number of hydrogen-bond acceptors (Lipinski definition) is 2. The zero-order valence-electron chi connectivity index (χ0n) is 11.2. The van der Waals surface area contributed by atoms with Gasteiger partial charge in [-0.3, -0.25) is 9.59 Å². The number of Topliss-reactive ketones (excluding diaryl/α,β-unsaturated/α-hetero) is 1. The van der Waals surface area contributed by atoms with Crippen LogP contribution >= 0.6 is 0 Å². The lowest BCUT2D eigenvalue weighted by Crippen LogP contribution is -2.14. The molecule has 1 aromatic carbocycles. The summed E-state index contributed by atoms with van der Waals surface area (Å²) in [7, 11) is 0. The summed E-state index contributed by atoms with van der Waals surface area (Å²) in [5.41, 5.74) is 3.64. The summed E-state index contributed by atoms with van der Waals surface area (Å²) in [6.45, 7) is 5.34. The van der Waals surface area contributed by atoms with Gasteiger partial charge in [-0.25, -0.2) is 0 Å². The van der Waals surface area contributed by atoms with Crippen molar-refractivity contribution in [2.45, 2.75) is 20.8 Å². The van der Waals surface area contributed by atoms with E-state index in [1.165, 1.54) is 6.92 Å². The number of benzene rings is 1. The lowest BCUT2D eigenvalue weighted by atomic mass is 10.1. The van der Waals surface area contributed by atoms with Crippen LogP contribution in [0.1, 0.15) is 39.0 Å². The van der Waals surface area contributed by atoms with Crippen LogP contribution in [-0.2, 0) is 0 Å². The van der Waals surface area contributed by atoms with E-state index in [0.29, 0.717) is 11.4 Å². The largest absolute Gasteiger partial charge is 0.348 e. The van der Waals surface area contributed by atoms with Gasteiger partial charge in [0.1, 0.15) is 5.69 Å². The molecule has 0 aliphatic heterocycles. The van der Waals surface area contributed by atoms with Crippen molar-refractivity contribution < 1.29 is 9.59 Å². The maximum Gasteiger partial charge on any atom is 0.272 e. The lowest BCUT2D eigenvalue weighted by Gasteiger charge is -2.10. The molecule has 0 aliphatic rings. The van der Waals surface area contributed by atoms with Crippen molar-refractivity contribution in [2.24, 2.45) is 0 Å². The summed E-state index contributed by atoms with van der Waals surface area (Å²) in [6.07, 6.45) is 0. The van der Waals surface area contributed by atoms with E-state index in [0.717, 1.165) is 16.8 Å². The van der Waals surface area contributed by atoms with Gasteiger partial charge in [0.15, 0.2) is 5.78 Å². The highest BCUT2D eigenvalue weighted by molar-refractivity contribution is 6.05. The molecular formula is C15H16N2O2. The molecule has 0 unspecified atom stereocenters. The van der Waals surface area contributed by atoms with Gasteiger partial charge in [-0.1, -0.05) is 18.2 Å². The number of nitrogens with one attached hydrogen (secondary N) is 2. The standard InChI is InChI=1S/C15H16N2O2/c1-9-5-4-6-10(2)14(9)17-15(19)13-8-7-12(16-13)11(3)18/h4-8,16H,1-3H3,(H,17,19). The number of rotatable bonds is 3. The van der Waals surface area contributed by atoms with Gasteiger partial charge in [-0.15, -0.1) is 0 Å². The Bertz CT molecular complexity index is 621. The Morgan fingerprint density at radius 3 is 2.11 bits per heavy atom. The third-order valence-corrected chi connectivity index (χ3v) is 3.03. The first-order chi connectivity index (χ1) is 8.99. The van der Waals surface area contributed by atoms with E-state index in [1.807, 2.05) is 32.0 Å². The van der Waals surface area contributed by atoms with Gasteiger partial charge >= 0.3 is 0 Å². The highest BCUT2D eigenvalue weighted by atomic mass is 16.2. The molecule has 4 nitrogen and oxygen atoms in total. The van der Waals surface area contributed by atoms with Crippen molar-refractivity contribution in [3.63, 3.8) is 0 Å². The Morgan fingerprint density at radius 2 is 1.58 bits per heavy atom. The molecule has 98 valence electrons. The van der Waals surface area contributed by atoms with E-state index < -0.39 is 0 Å². The van der Waals surface area contributed by atoms with Gasteiger partial charge in [-0.05, 0) is 37.1 Å². The Labute approximate surface area is 111 Å². The SMILES string of the molecule is CC(=O)c1ccc(C(=O)Nc2c(C)cccc2C)[nH]1. The van der Waals surface area contributed by atoms with Crippen LogP contribution in [0.25, 0.3) is 0 Å². The average Bonchev–Trinajstić information content (AvgIpc) is 2.83.